The van der Waals surface area contributed by atoms with Crippen LogP contribution in [0.4, 0.5) is 11.4 Å². The van der Waals surface area contributed by atoms with Crippen LogP contribution in [-0.2, 0) is 6.54 Å². The van der Waals surface area contributed by atoms with Crippen molar-refractivity contribution >= 4 is 40.5 Å². The van der Waals surface area contributed by atoms with Crippen molar-refractivity contribution in [2.75, 3.05) is 22.9 Å². The summed E-state index contributed by atoms with van der Waals surface area (Å²) in [5.74, 6) is 1.04. The van der Waals surface area contributed by atoms with Gasteiger partial charge in [-0.2, -0.15) is 0 Å². The van der Waals surface area contributed by atoms with Gasteiger partial charge < -0.3 is 9.80 Å². The van der Waals surface area contributed by atoms with E-state index in [9.17, 15) is 0 Å². The van der Waals surface area contributed by atoms with Crippen LogP contribution < -0.4 is 9.80 Å². The van der Waals surface area contributed by atoms with E-state index in [1.807, 2.05) is 18.2 Å². The van der Waals surface area contributed by atoms with E-state index in [1.165, 1.54) is 11.4 Å². The van der Waals surface area contributed by atoms with Crippen LogP contribution in [0.3, 0.4) is 0 Å². The van der Waals surface area contributed by atoms with Crippen LogP contribution in [0.25, 0.3) is 0 Å². The van der Waals surface area contributed by atoms with Crippen molar-refractivity contribution in [3.63, 3.8) is 0 Å². The van der Waals surface area contributed by atoms with E-state index in [4.69, 9.17) is 28.2 Å². The van der Waals surface area contributed by atoms with Gasteiger partial charge in [0.2, 0.25) is 5.96 Å². The Morgan fingerprint density at radius 3 is 2.64 bits per heavy atom. The summed E-state index contributed by atoms with van der Waals surface area (Å²) in [6.07, 6.45) is 1.10. The summed E-state index contributed by atoms with van der Waals surface area (Å²) in [5.41, 5.74) is 3.56. The lowest BCUT2D eigenvalue weighted by Crippen LogP contribution is -2.41. The molecule has 2 aromatic rings. The number of guanidine groups is 1. The molecule has 0 aliphatic carbocycles. The quantitative estimate of drug-likeness (QED) is 0.802. The average Bonchev–Trinajstić information content (AvgIpc) is 2.86. The van der Waals surface area contributed by atoms with Crippen LogP contribution in [0, 0.1) is 0 Å². The first-order chi connectivity index (χ1) is 10.7. The second-order valence-electron chi connectivity index (χ2n) is 5.51. The van der Waals surface area contributed by atoms with E-state index in [1.54, 1.807) is 0 Å². The third-order valence-electron chi connectivity index (χ3n) is 4.06. The van der Waals surface area contributed by atoms with Gasteiger partial charge in [0.1, 0.15) is 0 Å². The summed E-state index contributed by atoms with van der Waals surface area (Å²) < 4.78 is 0. The summed E-state index contributed by atoms with van der Waals surface area (Å²) >= 11 is 12.2. The number of benzene rings is 2. The zero-order chi connectivity index (χ0) is 15.1. The van der Waals surface area contributed by atoms with Crippen molar-refractivity contribution in [1.82, 2.24) is 0 Å². The van der Waals surface area contributed by atoms with Crippen LogP contribution >= 0.6 is 23.2 Å². The molecule has 0 amide bonds. The number of anilines is 2. The van der Waals surface area contributed by atoms with Crippen LogP contribution in [0.2, 0.25) is 10.0 Å². The summed E-state index contributed by atoms with van der Waals surface area (Å²) in [6, 6.07) is 14.2. The van der Waals surface area contributed by atoms with Crippen molar-refractivity contribution in [3.05, 3.63) is 58.1 Å². The smallest absolute Gasteiger partial charge is 0.206 e. The Morgan fingerprint density at radius 2 is 1.82 bits per heavy atom. The van der Waals surface area contributed by atoms with Gasteiger partial charge in [0.15, 0.2) is 0 Å². The lowest BCUT2D eigenvalue weighted by atomic mass is 10.2. The molecule has 0 saturated heterocycles. The second-order valence-corrected chi connectivity index (χ2v) is 6.32. The van der Waals surface area contributed by atoms with Gasteiger partial charge in [-0.25, -0.2) is 0 Å². The highest BCUT2D eigenvalue weighted by Gasteiger charge is 2.33. The Kier molecular flexibility index (Phi) is 3.47. The minimum absolute atomic E-state index is 0.587. The first kappa shape index (κ1) is 13.9. The SMILES string of the molecule is Clc1ccc(CN2C3=NCCCN3c3ccccc32)cc1Cl. The van der Waals surface area contributed by atoms with E-state index in [0.717, 1.165) is 37.6 Å². The van der Waals surface area contributed by atoms with Crippen LogP contribution in [0.1, 0.15) is 12.0 Å². The number of halogens is 2. The Balaban J connectivity index is 1.73. The third-order valence-corrected chi connectivity index (χ3v) is 4.80. The van der Waals surface area contributed by atoms with Crippen LogP contribution in [0.5, 0.6) is 0 Å². The van der Waals surface area contributed by atoms with Crippen molar-refractivity contribution in [2.24, 2.45) is 4.99 Å². The van der Waals surface area contributed by atoms with Gasteiger partial charge in [0, 0.05) is 13.1 Å². The highest BCUT2D eigenvalue weighted by Crippen LogP contribution is 2.39. The largest absolute Gasteiger partial charge is 0.310 e. The number of rotatable bonds is 2. The summed E-state index contributed by atoms with van der Waals surface area (Å²) in [4.78, 5) is 9.29. The maximum Gasteiger partial charge on any atom is 0.206 e. The van der Waals surface area contributed by atoms with Gasteiger partial charge in [-0.1, -0.05) is 41.4 Å². The Bertz CT molecular complexity index is 757. The fraction of sp³-hybridized carbons (Fsp3) is 0.235. The average molecular weight is 332 g/mol. The Morgan fingerprint density at radius 1 is 1.00 bits per heavy atom. The maximum absolute atomic E-state index is 6.15. The molecule has 0 spiro atoms. The first-order valence-electron chi connectivity index (χ1n) is 7.36. The first-order valence-corrected chi connectivity index (χ1v) is 8.12. The molecule has 0 unspecified atom stereocenters. The molecule has 3 nitrogen and oxygen atoms in total. The number of para-hydroxylation sites is 2. The van der Waals surface area contributed by atoms with E-state index >= 15 is 0 Å². The minimum Gasteiger partial charge on any atom is -0.310 e. The molecule has 5 heteroatoms. The fourth-order valence-corrected chi connectivity index (χ4v) is 3.38. The Labute approximate surface area is 139 Å². The van der Waals surface area contributed by atoms with Gasteiger partial charge in [-0.3, -0.25) is 4.99 Å². The standard InChI is InChI=1S/C17H15Cl2N3/c18-13-7-6-12(10-14(13)19)11-22-16-5-2-1-4-15(16)21-9-3-8-20-17(21)22/h1-2,4-7,10H,3,8-9,11H2. The number of aliphatic imine (C=N–C) groups is 1. The highest BCUT2D eigenvalue weighted by molar-refractivity contribution is 6.42. The molecule has 0 fully saturated rings. The molecule has 22 heavy (non-hydrogen) atoms. The topological polar surface area (TPSA) is 18.8 Å². The maximum atomic E-state index is 6.15. The van der Waals surface area contributed by atoms with Crippen molar-refractivity contribution in [3.8, 4) is 0 Å². The molecule has 0 atom stereocenters. The summed E-state index contributed by atoms with van der Waals surface area (Å²) in [6.45, 7) is 2.65. The number of hydrogen-bond donors (Lipinski definition) is 0. The molecule has 0 N–H and O–H groups in total. The molecule has 0 bridgehead atoms. The summed E-state index contributed by atoms with van der Waals surface area (Å²) in [7, 11) is 0. The molecule has 4 rings (SSSR count). The van der Waals surface area contributed by atoms with Crippen LogP contribution in [0.15, 0.2) is 47.5 Å². The van der Waals surface area contributed by atoms with E-state index in [-0.39, 0.29) is 0 Å². The van der Waals surface area contributed by atoms with Gasteiger partial charge >= 0.3 is 0 Å². The van der Waals surface area contributed by atoms with Gasteiger partial charge in [0.05, 0.1) is 28.0 Å². The molecule has 2 heterocycles. The molecular weight excluding hydrogens is 317 g/mol. The molecular formula is C17H15Cl2N3. The van der Waals surface area contributed by atoms with E-state index < -0.39 is 0 Å². The molecule has 0 aromatic heterocycles. The fourth-order valence-electron chi connectivity index (χ4n) is 3.06. The lowest BCUT2D eigenvalue weighted by molar-refractivity contribution is 0.784. The van der Waals surface area contributed by atoms with Crippen molar-refractivity contribution < 1.29 is 0 Å². The monoisotopic (exact) mass is 331 g/mol. The predicted molar refractivity (Wildman–Crippen MR) is 93.4 cm³/mol. The number of hydrogen-bond acceptors (Lipinski definition) is 3. The van der Waals surface area contributed by atoms with Crippen LogP contribution in [-0.4, -0.2) is 19.0 Å². The van der Waals surface area contributed by atoms with Gasteiger partial charge in [-0.05, 0) is 36.2 Å². The molecule has 2 aliphatic rings. The summed E-state index contributed by atoms with van der Waals surface area (Å²) in [5, 5.41) is 1.18. The van der Waals surface area contributed by atoms with Gasteiger partial charge in [0.25, 0.3) is 0 Å². The molecule has 0 radical (unpaired) electrons. The highest BCUT2D eigenvalue weighted by atomic mass is 35.5. The number of fused-ring (bicyclic) bond motifs is 3. The zero-order valence-corrected chi connectivity index (χ0v) is 13.5. The number of nitrogens with zero attached hydrogens (tertiary/aromatic N) is 3. The Hall–Kier alpha value is -1.71. The van der Waals surface area contributed by atoms with Crippen molar-refractivity contribution in [2.45, 2.75) is 13.0 Å². The predicted octanol–water partition coefficient (Wildman–Crippen LogP) is 4.58. The second kappa shape index (κ2) is 5.49. The minimum atomic E-state index is 0.587. The third kappa shape index (κ3) is 2.25. The zero-order valence-electron chi connectivity index (χ0n) is 12.0. The molecule has 0 saturated carbocycles. The normalized spacial score (nSPS) is 16.4. The van der Waals surface area contributed by atoms with E-state index in [0.29, 0.717) is 10.0 Å². The molecule has 2 aliphatic heterocycles. The molecule has 2 aromatic carbocycles. The molecule has 112 valence electrons. The van der Waals surface area contributed by atoms with E-state index in [2.05, 4.69) is 34.1 Å². The van der Waals surface area contributed by atoms with Gasteiger partial charge in [-0.15, -0.1) is 0 Å². The van der Waals surface area contributed by atoms with Crippen molar-refractivity contribution in [1.29, 1.82) is 0 Å². The lowest BCUT2D eigenvalue weighted by Gasteiger charge is -2.27.